The van der Waals surface area contributed by atoms with Gasteiger partial charge in [0.25, 0.3) is 0 Å². The molecule has 0 saturated carbocycles. The van der Waals surface area contributed by atoms with E-state index in [0.29, 0.717) is 19.1 Å². The lowest BCUT2D eigenvalue weighted by Gasteiger charge is -2.14. The molecule has 4 heteroatoms. The molecule has 0 fully saturated rings. The van der Waals surface area contributed by atoms with Gasteiger partial charge >= 0.3 is 0 Å². The standard InChI is InChI=1S/C11H16ClNO2/c1-3-14-8-9(2)15-11-4-5-13-10(6-11)7-12/h4-6,9H,3,7-8H2,1-2H3. The molecule has 0 amide bonds. The smallest absolute Gasteiger partial charge is 0.123 e. The van der Waals surface area contributed by atoms with Crippen LogP contribution in [0.5, 0.6) is 5.75 Å². The van der Waals surface area contributed by atoms with Crippen LogP contribution in [0.25, 0.3) is 0 Å². The third-order valence-electron chi connectivity index (χ3n) is 1.82. The Labute approximate surface area is 95.4 Å². The summed E-state index contributed by atoms with van der Waals surface area (Å²) in [7, 11) is 0. The van der Waals surface area contributed by atoms with Gasteiger partial charge in [-0.25, -0.2) is 0 Å². The third-order valence-corrected chi connectivity index (χ3v) is 2.09. The lowest BCUT2D eigenvalue weighted by atomic mass is 10.3. The fraction of sp³-hybridized carbons (Fsp3) is 0.545. The van der Waals surface area contributed by atoms with Crippen LogP contribution in [0.15, 0.2) is 18.3 Å². The van der Waals surface area contributed by atoms with Gasteiger partial charge in [0.1, 0.15) is 11.9 Å². The van der Waals surface area contributed by atoms with Gasteiger partial charge in [-0.3, -0.25) is 4.98 Å². The maximum absolute atomic E-state index is 5.68. The Morgan fingerprint density at radius 1 is 1.53 bits per heavy atom. The molecule has 0 aliphatic rings. The maximum Gasteiger partial charge on any atom is 0.123 e. The van der Waals surface area contributed by atoms with E-state index in [1.165, 1.54) is 0 Å². The summed E-state index contributed by atoms with van der Waals surface area (Å²) in [5, 5.41) is 0. The van der Waals surface area contributed by atoms with Gasteiger partial charge in [0, 0.05) is 18.9 Å². The molecule has 1 atom stereocenters. The summed E-state index contributed by atoms with van der Waals surface area (Å²) < 4.78 is 10.9. The molecule has 0 aliphatic carbocycles. The van der Waals surface area contributed by atoms with E-state index in [4.69, 9.17) is 21.1 Å². The molecule has 1 unspecified atom stereocenters. The molecular weight excluding hydrogens is 214 g/mol. The molecule has 1 rings (SSSR count). The number of hydrogen-bond acceptors (Lipinski definition) is 3. The van der Waals surface area contributed by atoms with Crippen LogP contribution in [-0.2, 0) is 10.6 Å². The molecule has 0 spiro atoms. The van der Waals surface area contributed by atoms with Crippen LogP contribution in [0.4, 0.5) is 0 Å². The van der Waals surface area contributed by atoms with E-state index in [0.717, 1.165) is 11.4 Å². The molecule has 15 heavy (non-hydrogen) atoms. The van der Waals surface area contributed by atoms with Crippen molar-refractivity contribution in [2.45, 2.75) is 25.8 Å². The molecule has 0 aromatic carbocycles. The second-order valence-corrected chi connectivity index (χ2v) is 3.47. The zero-order chi connectivity index (χ0) is 11.1. The summed E-state index contributed by atoms with van der Waals surface area (Å²) in [6.45, 7) is 5.23. The first-order chi connectivity index (χ1) is 7.26. The molecule has 0 N–H and O–H groups in total. The number of aromatic nitrogens is 1. The van der Waals surface area contributed by atoms with Crippen molar-refractivity contribution < 1.29 is 9.47 Å². The van der Waals surface area contributed by atoms with Crippen molar-refractivity contribution in [2.24, 2.45) is 0 Å². The van der Waals surface area contributed by atoms with Crippen LogP contribution in [0.3, 0.4) is 0 Å². The van der Waals surface area contributed by atoms with Crippen LogP contribution in [-0.4, -0.2) is 24.3 Å². The number of halogens is 1. The number of rotatable bonds is 6. The lowest BCUT2D eigenvalue weighted by molar-refractivity contribution is 0.0656. The Morgan fingerprint density at radius 2 is 2.33 bits per heavy atom. The second kappa shape index (κ2) is 6.64. The minimum absolute atomic E-state index is 0.0375. The Hall–Kier alpha value is -0.800. The SMILES string of the molecule is CCOCC(C)Oc1ccnc(CCl)c1. The van der Waals surface area contributed by atoms with E-state index in [-0.39, 0.29) is 6.10 Å². The molecule has 0 radical (unpaired) electrons. The Morgan fingerprint density at radius 3 is 3.00 bits per heavy atom. The zero-order valence-electron chi connectivity index (χ0n) is 9.07. The van der Waals surface area contributed by atoms with Crippen molar-refractivity contribution in [1.82, 2.24) is 4.98 Å². The van der Waals surface area contributed by atoms with Gasteiger partial charge in [-0.2, -0.15) is 0 Å². The number of nitrogens with zero attached hydrogens (tertiary/aromatic N) is 1. The van der Waals surface area contributed by atoms with Crippen molar-refractivity contribution in [3.8, 4) is 5.75 Å². The van der Waals surface area contributed by atoms with Gasteiger partial charge in [-0.15, -0.1) is 11.6 Å². The topological polar surface area (TPSA) is 31.4 Å². The van der Waals surface area contributed by atoms with Crippen LogP contribution < -0.4 is 4.74 Å². The molecule has 0 aliphatic heterocycles. The van der Waals surface area contributed by atoms with Gasteiger partial charge in [0.05, 0.1) is 18.2 Å². The highest BCUT2D eigenvalue weighted by Gasteiger charge is 2.04. The normalized spacial score (nSPS) is 12.5. The first-order valence-corrected chi connectivity index (χ1v) is 5.55. The molecule has 84 valence electrons. The van der Waals surface area contributed by atoms with Gasteiger partial charge in [-0.1, -0.05) is 0 Å². The summed E-state index contributed by atoms with van der Waals surface area (Å²) in [5.41, 5.74) is 0.817. The lowest BCUT2D eigenvalue weighted by Crippen LogP contribution is -2.19. The minimum atomic E-state index is 0.0375. The Bertz CT molecular complexity index is 294. The first kappa shape index (κ1) is 12.3. The van der Waals surface area contributed by atoms with E-state index >= 15 is 0 Å². The Kier molecular flexibility index (Phi) is 5.43. The first-order valence-electron chi connectivity index (χ1n) is 5.01. The van der Waals surface area contributed by atoms with E-state index in [9.17, 15) is 0 Å². The maximum atomic E-state index is 5.68. The highest BCUT2D eigenvalue weighted by Crippen LogP contribution is 2.14. The number of pyridine rings is 1. The summed E-state index contributed by atoms with van der Waals surface area (Å²) in [5.74, 6) is 1.18. The molecular formula is C11H16ClNO2. The van der Waals surface area contributed by atoms with Gasteiger partial charge in [0.15, 0.2) is 0 Å². The van der Waals surface area contributed by atoms with E-state index < -0.39 is 0 Å². The van der Waals surface area contributed by atoms with Crippen LogP contribution in [0, 0.1) is 0 Å². The van der Waals surface area contributed by atoms with Crippen molar-refractivity contribution in [3.05, 3.63) is 24.0 Å². The molecule has 0 saturated heterocycles. The molecule has 1 aromatic rings. The average molecular weight is 230 g/mol. The number of ether oxygens (including phenoxy) is 2. The zero-order valence-corrected chi connectivity index (χ0v) is 9.83. The molecule has 3 nitrogen and oxygen atoms in total. The number of hydrogen-bond donors (Lipinski definition) is 0. The highest BCUT2D eigenvalue weighted by atomic mass is 35.5. The predicted octanol–water partition coefficient (Wildman–Crippen LogP) is 2.62. The monoisotopic (exact) mass is 229 g/mol. The second-order valence-electron chi connectivity index (χ2n) is 3.20. The fourth-order valence-corrected chi connectivity index (χ4v) is 1.30. The average Bonchev–Trinajstić information content (AvgIpc) is 2.26. The van der Waals surface area contributed by atoms with Crippen molar-refractivity contribution in [1.29, 1.82) is 0 Å². The fourth-order valence-electron chi connectivity index (χ4n) is 1.15. The summed E-state index contributed by atoms with van der Waals surface area (Å²) in [6, 6.07) is 3.66. The van der Waals surface area contributed by atoms with Crippen molar-refractivity contribution in [2.75, 3.05) is 13.2 Å². The third kappa shape index (κ3) is 4.49. The summed E-state index contributed by atoms with van der Waals surface area (Å²) >= 11 is 5.68. The van der Waals surface area contributed by atoms with Crippen molar-refractivity contribution >= 4 is 11.6 Å². The largest absolute Gasteiger partial charge is 0.488 e. The predicted molar refractivity (Wildman–Crippen MR) is 60.4 cm³/mol. The minimum Gasteiger partial charge on any atom is -0.488 e. The summed E-state index contributed by atoms with van der Waals surface area (Å²) in [6.07, 6.45) is 1.73. The van der Waals surface area contributed by atoms with Crippen molar-refractivity contribution in [3.63, 3.8) is 0 Å². The van der Waals surface area contributed by atoms with E-state index in [2.05, 4.69) is 4.98 Å². The van der Waals surface area contributed by atoms with Crippen LogP contribution >= 0.6 is 11.6 Å². The molecule has 1 aromatic heterocycles. The summed E-state index contributed by atoms with van der Waals surface area (Å²) in [4.78, 5) is 4.08. The highest BCUT2D eigenvalue weighted by molar-refractivity contribution is 6.16. The molecule has 1 heterocycles. The van der Waals surface area contributed by atoms with Gasteiger partial charge < -0.3 is 9.47 Å². The van der Waals surface area contributed by atoms with E-state index in [1.807, 2.05) is 26.0 Å². The molecule has 0 bridgehead atoms. The van der Waals surface area contributed by atoms with Crippen LogP contribution in [0.2, 0.25) is 0 Å². The van der Waals surface area contributed by atoms with E-state index in [1.54, 1.807) is 6.20 Å². The number of alkyl halides is 1. The Balaban J connectivity index is 2.48. The quantitative estimate of drug-likeness (QED) is 0.703. The van der Waals surface area contributed by atoms with Crippen LogP contribution in [0.1, 0.15) is 19.5 Å². The van der Waals surface area contributed by atoms with Gasteiger partial charge in [-0.05, 0) is 19.9 Å². The van der Waals surface area contributed by atoms with Gasteiger partial charge in [0.2, 0.25) is 0 Å².